The summed E-state index contributed by atoms with van der Waals surface area (Å²) in [6.45, 7) is 0.788. The molecule has 1 heterocycles. The van der Waals surface area contributed by atoms with Crippen molar-refractivity contribution in [1.82, 2.24) is 4.90 Å². The van der Waals surface area contributed by atoms with E-state index in [0.717, 1.165) is 11.4 Å². The zero-order chi connectivity index (χ0) is 17.8. The Hall–Kier alpha value is -2.37. The molecule has 2 aromatic rings. The Kier molecular flexibility index (Phi) is 5.36. The number of carbonyl (C=O) groups is 1. The van der Waals surface area contributed by atoms with Gasteiger partial charge >= 0.3 is 0 Å². The van der Waals surface area contributed by atoms with Gasteiger partial charge in [0.1, 0.15) is 5.71 Å². The minimum atomic E-state index is -0.201. The molecule has 0 bridgehead atoms. The van der Waals surface area contributed by atoms with Gasteiger partial charge in [-0.3, -0.25) is 9.79 Å². The number of benzene rings is 2. The summed E-state index contributed by atoms with van der Waals surface area (Å²) in [5.74, 6) is 5.32. The summed E-state index contributed by atoms with van der Waals surface area (Å²) in [5, 5.41) is 4.43. The predicted molar refractivity (Wildman–Crippen MR) is 102 cm³/mol. The fraction of sp³-hybridized carbons (Fsp3) is 0.167. The average molecular weight is 375 g/mol. The lowest BCUT2D eigenvalue weighted by atomic mass is 10.0. The van der Waals surface area contributed by atoms with E-state index in [2.05, 4.69) is 10.1 Å². The first-order chi connectivity index (χ1) is 12.1. The van der Waals surface area contributed by atoms with Crippen LogP contribution in [0.15, 0.2) is 58.6 Å². The molecule has 1 aliphatic rings. The van der Waals surface area contributed by atoms with Crippen molar-refractivity contribution in [2.75, 3.05) is 13.1 Å². The maximum atomic E-state index is 12.7. The zero-order valence-corrected chi connectivity index (χ0v) is 14.8. The molecule has 0 atom stereocenters. The first kappa shape index (κ1) is 17.5. The lowest BCUT2D eigenvalue weighted by Gasteiger charge is -2.29. The SMILES string of the molecule is N/N=C1\CN(C(=O)c2cccc(Cl)c2Cl)CCC1=Nc1ccccc1. The second-order valence-electron chi connectivity index (χ2n) is 5.55. The first-order valence-corrected chi connectivity index (χ1v) is 8.48. The van der Waals surface area contributed by atoms with E-state index in [1.165, 1.54) is 0 Å². The second-order valence-corrected chi connectivity index (χ2v) is 6.33. The van der Waals surface area contributed by atoms with E-state index in [9.17, 15) is 4.79 Å². The fourth-order valence-electron chi connectivity index (χ4n) is 2.64. The highest BCUT2D eigenvalue weighted by Gasteiger charge is 2.27. The van der Waals surface area contributed by atoms with E-state index < -0.39 is 0 Å². The van der Waals surface area contributed by atoms with Gasteiger partial charge in [-0.1, -0.05) is 47.5 Å². The Morgan fingerprint density at radius 2 is 1.80 bits per heavy atom. The Bertz CT molecular complexity index is 849. The number of amides is 1. The topological polar surface area (TPSA) is 71.0 Å². The number of hydrogen-bond acceptors (Lipinski definition) is 4. The molecule has 0 aliphatic carbocycles. The van der Waals surface area contributed by atoms with Crippen molar-refractivity contribution < 1.29 is 4.79 Å². The Labute approximate surface area is 155 Å². The number of para-hydroxylation sites is 1. The van der Waals surface area contributed by atoms with Gasteiger partial charge in [-0.25, -0.2) is 0 Å². The standard InChI is InChI=1S/C18H16Cl2N4O/c19-14-8-4-7-13(17(14)20)18(25)24-10-9-15(16(11-24)23-21)22-12-5-2-1-3-6-12/h1-8H,9-11,21H2/b22-15?,23-16+. The summed E-state index contributed by atoms with van der Waals surface area (Å²) in [7, 11) is 0. The highest BCUT2D eigenvalue weighted by molar-refractivity contribution is 6.45. The summed E-state index contributed by atoms with van der Waals surface area (Å²) in [6, 6.07) is 14.6. The van der Waals surface area contributed by atoms with Gasteiger partial charge in [0.05, 0.1) is 33.6 Å². The number of carbonyl (C=O) groups excluding carboxylic acids is 1. The van der Waals surface area contributed by atoms with Gasteiger partial charge in [0.25, 0.3) is 5.91 Å². The summed E-state index contributed by atoms with van der Waals surface area (Å²) < 4.78 is 0. The summed E-state index contributed by atoms with van der Waals surface area (Å²) in [4.78, 5) is 19.0. The molecule has 0 unspecified atom stereocenters. The first-order valence-electron chi connectivity index (χ1n) is 7.73. The molecule has 128 valence electrons. The number of nitrogens with two attached hydrogens (primary N) is 1. The van der Waals surface area contributed by atoms with E-state index in [1.807, 2.05) is 30.3 Å². The maximum Gasteiger partial charge on any atom is 0.255 e. The van der Waals surface area contributed by atoms with Gasteiger partial charge in [-0.05, 0) is 24.3 Å². The number of rotatable bonds is 2. The molecule has 7 heteroatoms. The molecule has 5 nitrogen and oxygen atoms in total. The highest BCUT2D eigenvalue weighted by Crippen LogP contribution is 2.27. The van der Waals surface area contributed by atoms with Gasteiger partial charge in [0, 0.05) is 13.0 Å². The third kappa shape index (κ3) is 3.83. The Balaban J connectivity index is 1.81. The quantitative estimate of drug-likeness (QED) is 0.638. The van der Waals surface area contributed by atoms with Crippen LogP contribution in [0, 0.1) is 0 Å². The van der Waals surface area contributed by atoms with Crippen LogP contribution in [0.1, 0.15) is 16.8 Å². The lowest BCUT2D eigenvalue weighted by Crippen LogP contribution is -2.45. The van der Waals surface area contributed by atoms with Crippen LogP contribution in [0.3, 0.4) is 0 Å². The highest BCUT2D eigenvalue weighted by atomic mass is 35.5. The summed E-state index contributed by atoms with van der Waals surface area (Å²) in [5.41, 5.74) is 2.57. The van der Waals surface area contributed by atoms with Crippen LogP contribution in [-0.4, -0.2) is 35.3 Å². The van der Waals surface area contributed by atoms with Gasteiger partial charge in [-0.15, -0.1) is 0 Å². The minimum absolute atomic E-state index is 0.201. The molecule has 0 aromatic heterocycles. The van der Waals surface area contributed by atoms with Gasteiger partial charge in [-0.2, -0.15) is 5.10 Å². The van der Waals surface area contributed by atoms with E-state index >= 15 is 0 Å². The van der Waals surface area contributed by atoms with Crippen molar-refractivity contribution in [2.45, 2.75) is 6.42 Å². The van der Waals surface area contributed by atoms with Crippen LogP contribution >= 0.6 is 23.2 Å². The largest absolute Gasteiger partial charge is 0.332 e. The minimum Gasteiger partial charge on any atom is -0.332 e. The van der Waals surface area contributed by atoms with Gasteiger partial charge < -0.3 is 10.7 Å². The number of nitrogens with zero attached hydrogens (tertiary/aromatic N) is 3. The van der Waals surface area contributed by atoms with Crippen LogP contribution in [0.4, 0.5) is 5.69 Å². The molecule has 3 rings (SSSR count). The van der Waals surface area contributed by atoms with Crippen molar-refractivity contribution >= 4 is 46.2 Å². The molecule has 1 aliphatic heterocycles. The van der Waals surface area contributed by atoms with E-state index in [0.29, 0.717) is 29.3 Å². The van der Waals surface area contributed by atoms with Gasteiger partial charge in [0.15, 0.2) is 0 Å². The summed E-state index contributed by atoms with van der Waals surface area (Å²) in [6.07, 6.45) is 0.564. The van der Waals surface area contributed by atoms with Crippen LogP contribution in [-0.2, 0) is 0 Å². The molecule has 1 saturated heterocycles. The van der Waals surface area contributed by atoms with Crippen molar-refractivity contribution in [2.24, 2.45) is 15.9 Å². The molecule has 2 aromatic carbocycles. The lowest BCUT2D eigenvalue weighted by molar-refractivity contribution is 0.0781. The molecule has 0 saturated carbocycles. The second kappa shape index (κ2) is 7.68. The van der Waals surface area contributed by atoms with Crippen molar-refractivity contribution in [3.05, 3.63) is 64.1 Å². The number of piperidine rings is 1. The van der Waals surface area contributed by atoms with E-state index in [-0.39, 0.29) is 17.5 Å². The molecule has 0 spiro atoms. The molecular weight excluding hydrogens is 359 g/mol. The number of hydrazone groups is 1. The van der Waals surface area contributed by atoms with Crippen molar-refractivity contribution in [1.29, 1.82) is 0 Å². The monoisotopic (exact) mass is 374 g/mol. The number of likely N-dealkylation sites (tertiary alicyclic amines) is 1. The number of aliphatic imine (C=N–C) groups is 1. The zero-order valence-electron chi connectivity index (χ0n) is 13.3. The number of hydrogen-bond donors (Lipinski definition) is 1. The van der Waals surface area contributed by atoms with E-state index in [1.54, 1.807) is 23.1 Å². The van der Waals surface area contributed by atoms with Gasteiger partial charge in [0.2, 0.25) is 0 Å². The normalized spacial score (nSPS) is 17.9. The number of halogens is 2. The molecular formula is C18H16Cl2N4O. The fourth-order valence-corrected chi connectivity index (χ4v) is 3.02. The van der Waals surface area contributed by atoms with Crippen molar-refractivity contribution in [3.8, 4) is 0 Å². The Morgan fingerprint density at radius 3 is 2.52 bits per heavy atom. The van der Waals surface area contributed by atoms with E-state index in [4.69, 9.17) is 29.0 Å². The van der Waals surface area contributed by atoms with Crippen LogP contribution < -0.4 is 5.84 Å². The van der Waals surface area contributed by atoms with Crippen molar-refractivity contribution in [3.63, 3.8) is 0 Å². The molecule has 1 amide bonds. The van der Waals surface area contributed by atoms with Crippen LogP contribution in [0.2, 0.25) is 10.0 Å². The molecule has 2 N–H and O–H groups in total. The molecule has 1 fully saturated rings. The smallest absolute Gasteiger partial charge is 0.255 e. The third-order valence-electron chi connectivity index (χ3n) is 3.94. The molecule has 0 radical (unpaired) electrons. The average Bonchev–Trinajstić information content (AvgIpc) is 2.64. The molecule has 25 heavy (non-hydrogen) atoms. The van der Waals surface area contributed by atoms with Crippen LogP contribution in [0.25, 0.3) is 0 Å². The summed E-state index contributed by atoms with van der Waals surface area (Å²) >= 11 is 12.2. The third-order valence-corrected chi connectivity index (χ3v) is 4.76. The Morgan fingerprint density at radius 1 is 1.04 bits per heavy atom. The predicted octanol–water partition coefficient (Wildman–Crippen LogP) is 3.93. The van der Waals surface area contributed by atoms with Crippen LogP contribution in [0.5, 0.6) is 0 Å². The maximum absolute atomic E-state index is 12.7.